The Bertz CT molecular complexity index is 1210. The Morgan fingerprint density at radius 3 is 1.97 bits per heavy atom. The second kappa shape index (κ2) is 13.2. The lowest BCUT2D eigenvalue weighted by molar-refractivity contribution is -0.255. The average Bonchev–Trinajstić information content (AvgIpc) is 3.38. The van der Waals surface area contributed by atoms with Gasteiger partial charge in [0, 0.05) is 39.1 Å². The molecule has 0 amide bonds. The molecule has 1 N–H and O–H groups in total. The van der Waals surface area contributed by atoms with E-state index in [-0.39, 0.29) is 36.0 Å². The predicted molar refractivity (Wildman–Crippen MR) is 131 cm³/mol. The topological polar surface area (TPSA) is 174 Å². The molecule has 2 aromatic rings. The summed E-state index contributed by atoms with van der Waals surface area (Å²) in [6.07, 6.45) is -6.13. The van der Waals surface area contributed by atoms with Gasteiger partial charge in [0.2, 0.25) is 5.78 Å². The van der Waals surface area contributed by atoms with Crippen molar-refractivity contribution >= 4 is 41.0 Å². The van der Waals surface area contributed by atoms with Gasteiger partial charge in [-0.3, -0.25) is 24.0 Å². The second-order valence-electron chi connectivity index (χ2n) is 8.43. The summed E-state index contributed by atoms with van der Waals surface area (Å²) < 4.78 is 32.8. The molecule has 14 heteroatoms. The van der Waals surface area contributed by atoms with Crippen LogP contribution in [0.2, 0.25) is 0 Å². The quantitative estimate of drug-likeness (QED) is 0.250. The Balaban J connectivity index is 1.86. The SMILES string of the molecule is CC(=O)OC[C@@H]1O[C@@H](COc2ccc(C(=O)c3cscn3)c(O)c2)[C@@H](OC(C)=O)[C@@H](OC(C)=O)[C@@H]1OC(C)=O. The van der Waals surface area contributed by atoms with Crippen LogP contribution < -0.4 is 4.74 Å². The van der Waals surface area contributed by atoms with Crippen molar-refractivity contribution in [3.05, 3.63) is 40.3 Å². The zero-order valence-electron chi connectivity index (χ0n) is 21.5. The van der Waals surface area contributed by atoms with Crippen molar-refractivity contribution in [3.8, 4) is 11.5 Å². The Kier molecular flexibility index (Phi) is 9.95. The third kappa shape index (κ3) is 7.97. The predicted octanol–water partition coefficient (Wildman–Crippen LogP) is 1.58. The lowest BCUT2D eigenvalue weighted by Crippen LogP contribution is -2.63. The minimum absolute atomic E-state index is 0.0144. The van der Waals surface area contributed by atoms with E-state index in [0.717, 1.165) is 20.8 Å². The second-order valence-corrected chi connectivity index (χ2v) is 9.15. The van der Waals surface area contributed by atoms with Crippen LogP contribution in [-0.4, -0.2) is 83.5 Å². The fourth-order valence-corrected chi connectivity index (χ4v) is 4.42. The maximum atomic E-state index is 12.5. The summed E-state index contributed by atoms with van der Waals surface area (Å²) in [6.45, 7) is 3.86. The van der Waals surface area contributed by atoms with E-state index in [4.69, 9.17) is 28.4 Å². The fourth-order valence-electron chi connectivity index (χ4n) is 3.89. The maximum absolute atomic E-state index is 12.5. The van der Waals surface area contributed by atoms with E-state index in [1.165, 1.54) is 42.0 Å². The minimum Gasteiger partial charge on any atom is -0.507 e. The molecule has 0 saturated carbocycles. The van der Waals surface area contributed by atoms with E-state index in [0.29, 0.717) is 0 Å². The number of phenols is 1. The van der Waals surface area contributed by atoms with Crippen LogP contribution >= 0.6 is 11.3 Å². The third-order valence-corrected chi connectivity index (χ3v) is 5.97. The highest BCUT2D eigenvalue weighted by Crippen LogP contribution is 2.31. The summed E-state index contributed by atoms with van der Waals surface area (Å²) in [5.74, 6) is -3.57. The lowest BCUT2D eigenvalue weighted by atomic mass is 9.94. The van der Waals surface area contributed by atoms with Gasteiger partial charge in [0.25, 0.3) is 0 Å². The first-order valence-electron chi connectivity index (χ1n) is 11.7. The summed E-state index contributed by atoms with van der Waals surface area (Å²) in [7, 11) is 0. The highest BCUT2D eigenvalue weighted by molar-refractivity contribution is 7.07. The van der Waals surface area contributed by atoms with Gasteiger partial charge >= 0.3 is 23.9 Å². The van der Waals surface area contributed by atoms with Gasteiger partial charge in [-0.2, -0.15) is 0 Å². The number of hydrogen-bond acceptors (Lipinski definition) is 14. The van der Waals surface area contributed by atoms with Crippen LogP contribution in [0, 0.1) is 0 Å². The van der Waals surface area contributed by atoms with Crippen molar-refractivity contribution in [2.75, 3.05) is 13.2 Å². The normalized spacial score (nSPS) is 22.3. The number of ether oxygens (including phenoxy) is 6. The van der Waals surface area contributed by atoms with Crippen molar-refractivity contribution in [1.29, 1.82) is 0 Å². The third-order valence-electron chi connectivity index (χ3n) is 5.38. The fraction of sp³-hybridized carbons (Fsp3) is 0.440. The van der Waals surface area contributed by atoms with Crippen LogP contribution in [0.3, 0.4) is 0 Å². The molecule has 1 saturated heterocycles. The summed E-state index contributed by atoms with van der Waals surface area (Å²) in [5.41, 5.74) is 1.69. The average molecular weight is 566 g/mol. The summed E-state index contributed by atoms with van der Waals surface area (Å²) in [5, 5.41) is 12.0. The van der Waals surface area contributed by atoms with Gasteiger partial charge in [-0.25, -0.2) is 4.98 Å². The monoisotopic (exact) mass is 565 g/mol. The Morgan fingerprint density at radius 2 is 1.46 bits per heavy atom. The van der Waals surface area contributed by atoms with Crippen LogP contribution in [0.5, 0.6) is 11.5 Å². The summed E-state index contributed by atoms with van der Waals surface area (Å²) in [6, 6.07) is 4.01. The van der Waals surface area contributed by atoms with E-state index in [9.17, 15) is 29.1 Å². The highest BCUT2D eigenvalue weighted by Gasteiger charge is 2.52. The van der Waals surface area contributed by atoms with Crippen LogP contribution in [-0.2, 0) is 42.9 Å². The number of esters is 4. The molecule has 3 rings (SSSR count). The van der Waals surface area contributed by atoms with Crippen LogP contribution in [0.1, 0.15) is 43.7 Å². The van der Waals surface area contributed by atoms with Gasteiger partial charge in [-0.1, -0.05) is 0 Å². The smallest absolute Gasteiger partial charge is 0.303 e. The molecule has 0 unspecified atom stereocenters. The van der Waals surface area contributed by atoms with Crippen molar-refractivity contribution in [3.63, 3.8) is 0 Å². The molecule has 13 nitrogen and oxygen atoms in total. The molecule has 0 spiro atoms. The molecule has 1 aliphatic rings. The van der Waals surface area contributed by atoms with Crippen LogP contribution in [0.4, 0.5) is 0 Å². The standard InChI is InChI=1S/C25H27NO12S/c1-12(27)33-8-20-23(35-13(2)28)25(37-15(4)30)24(36-14(3)29)21(38-20)9-34-16-5-6-17(19(31)7-16)22(32)18-10-39-11-26-18/h5-7,10-11,20-21,23-25,31H,8-9H2,1-4H3/t20-,21-,23+,24+,25-/m0/s1. The van der Waals surface area contributed by atoms with E-state index in [1.807, 2.05) is 0 Å². The van der Waals surface area contributed by atoms with E-state index in [1.54, 1.807) is 5.38 Å². The molecule has 5 atom stereocenters. The van der Waals surface area contributed by atoms with E-state index >= 15 is 0 Å². The van der Waals surface area contributed by atoms with Crippen LogP contribution in [0.25, 0.3) is 0 Å². The van der Waals surface area contributed by atoms with E-state index in [2.05, 4.69) is 4.98 Å². The first-order valence-corrected chi connectivity index (χ1v) is 12.6. The number of rotatable bonds is 10. The molecule has 1 aliphatic heterocycles. The zero-order valence-corrected chi connectivity index (χ0v) is 22.3. The Morgan fingerprint density at radius 1 is 0.872 bits per heavy atom. The molecular weight excluding hydrogens is 538 g/mol. The molecule has 1 fully saturated rings. The molecule has 0 aliphatic carbocycles. The van der Waals surface area contributed by atoms with Crippen molar-refractivity contribution in [1.82, 2.24) is 4.98 Å². The van der Waals surface area contributed by atoms with Gasteiger partial charge in [-0.15, -0.1) is 11.3 Å². The van der Waals surface area contributed by atoms with Gasteiger partial charge in [-0.05, 0) is 12.1 Å². The highest BCUT2D eigenvalue weighted by atomic mass is 32.1. The molecule has 210 valence electrons. The number of ketones is 1. The molecule has 2 heterocycles. The summed E-state index contributed by atoms with van der Waals surface area (Å²) >= 11 is 1.24. The number of carbonyl (C=O) groups is 5. The van der Waals surface area contributed by atoms with Crippen LogP contribution in [0.15, 0.2) is 29.1 Å². The lowest BCUT2D eigenvalue weighted by Gasteiger charge is -2.44. The largest absolute Gasteiger partial charge is 0.507 e. The number of thiazole rings is 1. The van der Waals surface area contributed by atoms with Crippen molar-refractivity contribution in [2.24, 2.45) is 0 Å². The molecule has 1 aromatic heterocycles. The molecule has 39 heavy (non-hydrogen) atoms. The van der Waals surface area contributed by atoms with Gasteiger partial charge in [0.05, 0.1) is 11.1 Å². The number of benzene rings is 1. The number of hydrogen-bond donors (Lipinski definition) is 1. The Labute approximate surface area is 226 Å². The number of aromatic nitrogens is 1. The maximum Gasteiger partial charge on any atom is 0.303 e. The minimum atomic E-state index is -1.33. The van der Waals surface area contributed by atoms with Crippen molar-refractivity contribution < 1.29 is 57.5 Å². The number of carbonyl (C=O) groups excluding carboxylic acids is 5. The molecular formula is C25H27NO12S. The van der Waals surface area contributed by atoms with Gasteiger partial charge < -0.3 is 33.5 Å². The first-order chi connectivity index (χ1) is 18.5. The van der Waals surface area contributed by atoms with E-state index < -0.39 is 60.2 Å². The van der Waals surface area contributed by atoms with Gasteiger partial charge in [0.15, 0.2) is 18.3 Å². The number of aromatic hydroxyl groups is 1. The number of phenolic OH excluding ortho intramolecular Hbond substituents is 1. The molecule has 1 aromatic carbocycles. The van der Waals surface area contributed by atoms with Gasteiger partial charge in [0.1, 0.15) is 42.6 Å². The first kappa shape index (κ1) is 29.5. The zero-order chi connectivity index (χ0) is 28.7. The number of nitrogens with zero attached hydrogens (tertiary/aromatic N) is 1. The molecule has 0 radical (unpaired) electrons. The Hall–Kier alpha value is -4.04. The van der Waals surface area contributed by atoms with Crippen molar-refractivity contribution in [2.45, 2.75) is 58.2 Å². The summed E-state index contributed by atoms with van der Waals surface area (Å²) in [4.78, 5) is 63.6. The molecule has 0 bridgehead atoms.